The highest BCUT2D eigenvalue weighted by molar-refractivity contribution is 5.93. The Balaban J connectivity index is 2.17. The van der Waals surface area contributed by atoms with E-state index in [1.807, 2.05) is 25.1 Å². The highest BCUT2D eigenvalue weighted by Crippen LogP contribution is 2.39. The molecule has 24 heavy (non-hydrogen) atoms. The van der Waals surface area contributed by atoms with Gasteiger partial charge in [-0.3, -0.25) is 4.79 Å². The van der Waals surface area contributed by atoms with Gasteiger partial charge >= 0.3 is 0 Å². The van der Waals surface area contributed by atoms with Gasteiger partial charge in [-0.25, -0.2) is 0 Å². The molecule has 5 heteroatoms. The smallest absolute Gasteiger partial charge is 0.228 e. The zero-order valence-corrected chi connectivity index (χ0v) is 14.7. The second kappa shape index (κ2) is 7.73. The zero-order valence-electron chi connectivity index (χ0n) is 14.7. The Hall–Kier alpha value is -2.69. The maximum absolute atomic E-state index is 12.3. The number of benzene rings is 2. The number of hydrogen-bond acceptors (Lipinski definition) is 4. The standard InChI is InChI=1S/C19H23NO4/c1-12-6-7-14(8-13(12)2)9-18(21)20-15-10-16(22-3)19(24-5)17(11-15)23-4/h6-8,10-11H,9H2,1-5H3,(H,20,21). The van der Waals surface area contributed by atoms with Crippen LogP contribution in [0, 0.1) is 13.8 Å². The van der Waals surface area contributed by atoms with E-state index in [0.29, 0.717) is 29.4 Å². The fraction of sp³-hybridized carbons (Fsp3) is 0.316. The lowest BCUT2D eigenvalue weighted by Gasteiger charge is -2.14. The number of ether oxygens (including phenoxy) is 3. The number of methoxy groups -OCH3 is 3. The van der Waals surface area contributed by atoms with E-state index in [2.05, 4.69) is 12.2 Å². The lowest BCUT2D eigenvalue weighted by molar-refractivity contribution is -0.115. The molecular weight excluding hydrogens is 306 g/mol. The minimum atomic E-state index is -0.104. The van der Waals surface area contributed by atoms with Gasteiger partial charge in [-0.05, 0) is 30.5 Å². The Morgan fingerprint density at radius 2 is 1.54 bits per heavy atom. The summed E-state index contributed by atoms with van der Waals surface area (Å²) in [5, 5.41) is 2.87. The maximum Gasteiger partial charge on any atom is 0.228 e. The van der Waals surface area contributed by atoms with E-state index in [1.165, 1.54) is 25.3 Å². The van der Waals surface area contributed by atoms with Crippen molar-refractivity contribution in [3.8, 4) is 17.2 Å². The number of amides is 1. The Morgan fingerprint density at radius 1 is 0.917 bits per heavy atom. The number of carbonyl (C=O) groups is 1. The first-order chi connectivity index (χ1) is 11.5. The van der Waals surface area contributed by atoms with Crippen molar-refractivity contribution in [1.29, 1.82) is 0 Å². The lowest BCUT2D eigenvalue weighted by Crippen LogP contribution is -2.14. The number of carbonyl (C=O) groups excluding carboxylic acids is 1. The summed E-state index contributed by atoms with van der Waals surface area (Å²) in [5.41, 5.74) is 3.96. The number of anilines is 1. The first kappa shape index (κ1) is 17.7. The van der Waals surface area contributed by atoms with Crippen LogP contribution in [0.2, 0.25) is 0 Å². The van der Waals surface area contributed by atoms with Crippen LogP contribution in [0.4, 0.5) is 5.69 Å². The molecule has 0 radical (unpaired) electrons. The zero-order chi connectivity index (χ0) is 17.7. The second-order valence-electron chi connectivity index (χ2n) is 5.56. The number of hydrogen-bond donors (Lipinski definition) is 1. The Kier molecular flexibility index (Phi) is 5.68. The van der Waals surface area contributed by atoms with Crippen LogP contribution in [-0.2, 0) is 11.2 Å². The lowest BCUT2D eigenvalue weighted by atomic mass is 10.0. The van der Waals surface area contributed by atoms with Gasteiger partial charge in [0.2, 0.25) is 11.7 Å². The summed E-state index contributed by atoms with van der Waals surface area (Å²) in [7, 11) is 4.62. The predicted octanol–water partition coefficient (Wildman–Crippen LogP) is 3.51. The molecule has 0 heterocycles. The fourth-order valence-electron chi connectivity index (χ4n) is 2.46. The third kappa shape index (κ3) is 3.98. The minimum absolute atomic E-state index is 0.104. The summed E-state index contributed by atoms with van der Waals surface area (Å²) in [6.45, 7) is 4.09. The molecule has 0 unspecified atom stereocenters. The Morgan fingerprint density at radius 3 is 2.04 bits per heavy atom. The molecule has 0 bridgehead atoms. The monoisotopic (exact) mass is 329 g/mol. The van der Waals surface area contributed by atoms with Crippen molar-refractivity contribution in [3.63, 3.8) is 0 Å². The molecule has 0 saturated heterocycles. The molecule has 0 saturated carbocycles. The van der Waals surface area contributed by atoms with E-state index < -0.39 is 0 Å². The van der Waals surface area contributed by atoms with Crippen molar-refractivity contribution in [2.24, 2.45) is 0 Å². The van der Waals surface area contributed by atoms with Crippen molar-refractivity contribution >= 4 is 11.6 Å². The van der Waals surface area contributed by atoms with Crippen LogP contribution < -0.4 is 19.5 Å². The van der Waals surface area contributed by atoms with Crippen LogP contribution in [0.5, 0.6) is 17.2 Å². The molecule has 1 N–H and O–H groups in total. The van der Waals surface area contributed by atoms with Crippen LogP contribution in [0.15, 0.2) is 30.3 Å². The first-order valence-corrected chi connectivity index (χ1v) is 7.64. The van der Waals surface area contributed by atoms with Crippen LogP contribution in [0.3, 0.4) is 0 Å². The molecular formula is C19H23NO4. The van der Waals surface area contributed by atoms with Crippen LogP contribution in [-0.4, -0.2) is 27.2 Å². The fourth-order valence-corrected chi connectivity index (χ4v) is 2.46. The van der Waals surface area contributed by atoms with Gasteiger partial charge in [0.25, 0.3) is 0 Å². The summed E-state index contributed by atoms with van der Waals surface area (Å²) in [4.78, 5) is 12.3. The third-order valence-electron chi connectivity index (χ3n) is 3.88. The number of aryl methyl sites for hydroxylation is 2. The predicted molar refractivity (Wildman–Crippen MR) is 94.3 cm³/mol. The first-order valence-electron chi connectivity index (χ1n) is 7.64. The molecule has 1 amide bonds. The molecule has 2 aromatic carbocycles. The van der Waals surface area contributed by atoms with E-state index in [1.54, 1.807) is 19.2 Å². The van der Waals surface area contributed by atoms with Gasteiger partial charge in [0.05, 0.1) is 27.8 Å². The summed E-state index contributed by atoms with van der Waals surface area (Å²) in [5.74, 6) is 1.39. The average Bonchev–Trinajstić information content (AvgIpc) is 2.57. The van der Waals surface area contributed by atoms with E-state index >= 15 is 0 Å². The van der Waals surface area contributed by atoms with E-state index in [4.69, 9.17) is 14.2 Å². The molecule has 0 aliphatic carbocycles. The molecule has 0 fully saturated rings. The summed E-state index contributed by atoms with van der Waals surface area (Å²) in [6.07, 6.45) is 0.303. The molecule has 5 nitrogen and oxygen atoms in total. The van der Waals surface area contributed by atoms with Gasteiger partial charge in [-0.2, -0.15) is 0 Å². The molecule has 0 aromatic heterocycles. The molecule has 0 spiro atoms. The third-order valence-corrected chi connectivity index (χ3v) is 3.88. The quantitative estimate of drug-likeness (QED) is 0.881. The highest BCUT2D eigenvalue weighted by Gasteiger charge is 2.14. The van der Waals surface area contributed by atoms with Gasteiger partial charge in [0.15, 0.2) is 11.5 Å². The molecule has 2 aromatic rings. The minimum Gasteiger partial charge on any atom is -0.493 e. The Bertz CT molecular complexity index is 715. The van der Waals surface area contributed by atoms with Crippen LogP contribution in [0.25, 0.3) is 0 Å². The molecule has 0 atom stereocenters. The number of nitrogens with one attached hydrogen (secondary N) is 1. The molecule has 0 aliphatic heterocycles. The largest absolute Gasteiger partial charge is 0.493 e. The van der Waals surface area contributed by atoms with Gasteiger partial charge in [-0.15, -0.1) is 0 Å². The van der Waals surface area contributed by atoms with Crippen LogP contribution in [0.1, 0.15) is 16.7 Å². The average molecular weight is 329 g/mol. The van der Waals surface area contributed by atoms with Gasteiger partial charge in [-0.1, -0.05) is 18.2 Å². The summed E-state index contributed by atoms with van der Waals surface area (Å²) in [6, 6.07) is 9.44. The highest BCUT2D eigenvalue weighted by atomic mass is 16.5. The molecule has 2 rings (SSSR count). The summed E-state index contributed by atoms with van der Waals surface area (Å²) >= 11 is 0. The van der Waals surface area contributed by atoms with Crippen molar-refractivity contribution < 1.29 is 19.0 Å². The van der Waals surface area contributed by atoms with Crippen LogP contribution >= 0.6 is 0 Å². The number of rotatable bonds is 6. The summed E-state index contributed by atoms with van der Waals surface area (Å²) < 4.78 is 15.9. The van der Waals surface area contributed by atoms with Gasteiger partial charge < -0.3 is 19.5 Å². The van der Waals surface area contributed by atoms with Crippen molar-refractivity contribution in [3.05, 3.63) is 47.0 Å². The molecule has 0 aliphatic rings. The van der Waals surface area contributed by atoms with Gasteiger partial charge in [0.1, 0.15) is 0 Å². The topological polar surface area (TPSA) is 56.8 Å². The SMILES string of the molecule is COc1cc(NC(=O)Cc2ccc(C)c(C)c2)cc(OC)c1OC. The van der Waals surface area contributed by atoms with Crippen molar-refractivity contribution in [2.75, 3.05) is 26.6 Å². The van der Waals surface area contributed by atoms with E-state index in [9.17, 15) is 4.79 Å². The van der Waals surface area contributed by atoms with E-state index in [-0.39, 0.29) is 5.91 Å². The van der Waals surface area contributed by atoms with Gasteiger partial charge in [0, 0.05) is 17.8 Å². The van der Waals surface area contributed by atoms with E-state index in [0.717, 1.165) is 5.56 Å². The Labute approximate surface area is 142 Å². The maximum atomic E-state index is 12.3. The normalized spacial score (nSPS) is 10.2. The molecule has 128 valence electrons. The van der Waals surface area contributed by atoms with Crippen molar-refractivity contribution in [1.82, 2.24) is 0 Å². The van der Waals surface area contributed by atoms with Crippen molar-refractivity contribution in [2.45, 2.75) is 20.3 Å². The second-order valence-corrected chi connectivity index (χ2v) is 5.56.